The number of hydrogen-bond acceptors (Lipinski definition) is 6. The van der Waals surface area contributed by atoms with Crippen LogP contribution in [0, 0.1) is 12.7 Å². The van der Waals surface area contributed by atoms with E-state index >= 15 is 0 Å². The topological polar surface area (TPSA) is 62.1 Å². The third-order valence-electron chi connectivity index (χ3n) is 6.10. The molecule has 1 N–H and O–H groups in total. The van der Waals surface area contributed by atoms with E-state index in [0.29, 0.717) is 29.8 Å². The molecule has 3 aromatic rings. The van der Waals surface area contributed by atoms with Crippen LogP contribution in [0.15, 0.2) is 36.7 Å². The van der Waals surface area contributed by atoms with Gasteiger partial charge in [0.25, 0.3) is 0 Å². The van der Waals surface area contributed by atoms with Crippen LogP contribution in [0.1, 0.15) is 37.7 Å². The molecule has 7 nitrogen and oxygen atoms in total. The van der Waals surface area contributed by atoms with Crippen LogP contribution < -0.4 is 5.32 Å². The Balaban J connectivity index is 1.47. The number of likely N-dealkylation sites (N-methyl/N-ethyl adjacent to an activating group) is 1. The molecule has 1 aromatic carbocycles. The fraction of sp³-hybridized carbons (Fsp3) is 0.458. The van der Waals surface area contributed by atoms with Crippen LogP contribution in [-0.4, -0.2) is 62.5 Å². The average molecular weight is 438 g/mol. The van der Waals surface area contributed by atoms with Crippen molar-refractivity contribution in [3.63, 3.8) is 0 Å². The van der Waals surface area contributed by atoms with Gasteiger partial charge < -0.3 is 14.8 Å². The average Bonchev–Trinajstić information content (AvgIpc) is 3.37. The first-order valence-corrected chi connectivity index (χ1v) is 11.1. The van der Waals surface area contributed by atoms with E-state index in [2.05, 4.69) is 62.6 Å². The van der Waals surface area contributed by atoms with E-state index in [1.165, 1.54) is 6.07 Å². The van der Waals surface area contributed by atoms with Gasteiger partial charge in [0.1, 0.15) is 11.6 Å². The number of rotatable bonds is 7. The highest BCUT2D eigenvalue weighted by Crippen LogP contribution is 2.25. The molecule has 8 heteroatoms. The monoisotopic (exact) mass is 437 g/mol. The third kappa shape index (κ3) is 4.81. The van der Waals surface area contributed by atoms with E-state index in [1.54, 1.807) is 6.20 Å². The first-order chi connectivity index (χ1) is 15.3. The summed E-state index contributed by atoms with van der Waals surface area (Å²) in [5.74, 6) is 1.15. The van der Waals surface area contributed by atoms with E-state index in [4.69, 9.17) is 0 Å². The Labute approximate surface area is 189 Å². The highest BCUT2D eigenvalue weighted by atomic mass is 19.1. The van der Waals surface area contributed by atoms with Crippen molar-refractivity contribution in [2.45, 2.75) is 45.8 Å². The van der Waals surface area contributed by atoms with Crippen molar-refractivity contribution in [1.82, 2.24) is 29.3 Å². The summed E-state index contributed by atoms with van der Waals surface area (Å²) in [5, 5.41) is 3.14. The summed E-state index contributed by atoms with van der Waals surface area (Å²) >= 11 is 0. The van der Waals surface area contributed by atoms with Crippen LogP contribution in [-0.2, 0) is 6.54 Å². The molecule has 1 atom stereocenters. The lowest BCUT2D eigenvalue weighted by molar-refractivity contribution is 0.263. The number of likely N-dealkylation sites (tertiary alicyclic amines) is 1. The number of imidazole rings is 1. The molecule has 0 bridgehead atoms. The van der Waals surface area contributed by atoms with E-state index in [1.807, 2.05) is 31.3 Å². The minimum Gasteiger partial charge on any atom is -0.324 e. The summed E-state index contributed by atoms with van der Waals surface area (Å²) in [6.07, 6.45) is 4.66. The van der Waals surface area contributed by atoms with Crippen molar-refractivity contribution in [2.24, 2.45) is 0 Å². The second-order valence-corrected chi connectivity index (χ2v) is 8.99. The summed E-state index contributed by atoms with van der Waals surface area (Å²) in [5.41, 5.74) is 3.05. The lowest BCUT2D eigenvalue weighted by Crippen LogP contribution is -2.31. The van der Waals surface area contributed by atoms with Gasteiger partial charge in [-0.2, -0.15) is 0 Å². The lowest BCUT2D eigenvalue weighted by atomic mass is 10.2. The maximum absolute atomic E-state index is 14.8. The Bertz CT molecular complexity index is 1080. The Morgan fingerprint density at radius 3 is 2.72 bits per heavy atom. The maximum Gasteiger partial charge on any atom is 0.227 e. The molecule has 1 saturated heterocycles. The summed E-state index contributed by atoms with van der Waals surface area (Å²) in [4.78, 5) is 17.9. The van der Waals surface area contributed by atoms with Gasteiger partial charge in [-0.3, -0.25) is 4.90 Å². The largest absolute Gasteiger partial charge is 0.324 e. The Hall–Kier alpha value is -2.84. The van der Waals surface area contributed by atoms with Crippen molar-refractivity contribution < 1.29 is 4.39 Å². The predicted molar refractivity (Wildman–Crippen MR) is 125 cm³/mol. The molecule has 1 fully saturated rings. The van der Waals surface area contributed by atoms with Gasteiger partial charge in [-0.05, 0) is 59.5 Å². The molecule has 0 unspecified atom stereocenters. The number of aryl methyl sites for hydroxylation is 1. The summed E-state index contributed by atoms with van der Waals surface area (Å²) in [6, 6.07) is 7.93. The fourth-order valence-electron chi connectivity index (χ4n) is 4.36. The molecule has 0 saturated carbocycles. The van der Waals surface area contributed by atoms with Gasteiger partial charge in [-0.25, -0.2) is 19.3 Å². The number of aromatic nitrogens is 4. The van der Waals surface area contributed by atoms with Crippen molar-refractivity contribution in [3.05, 3.63) is 53.9 Å². The van der Waals surface area contributed by atoms with Gasteiger partial charge in [0.2, 0.25) is 5.95 Å². The molecular formula is C24H32FN7. The van der Waals surface area contributed by atoms with Crippen molar-refractivity contribution in [2.75, 3.05) is 32.5 Å². The van der Waals surface area contributed by atoms with Crippen LogP contribution in [0.5, 0.6) is 0 Å². The van der Waals surface area contributed by atoms with Crippen molar-refractivity contribution in [1.29, 1.82) is 0 Å². The fourth-order valence-corrected chi connectivity index (χ4v) is 4.36. The number of nitrogens with one attached hydrogen (secondary N) is 1. The molecular weight excluding hydrogens is 405 g/mol. The molecule has 32 heavy (non-hydrogen) atoms. The second-order valence-electron chi connectivity index (χ2n) is 8.99. The second kappa shape index (κ2) is 9.34. The highest BCUT2D eigenvalue weighted by Gasteiger charge is 2.24. The van der Waals surface area contributed by atoms with Gasteiger partial charge in [-0.1, -0.05) is 6.07 Å². The number of hydrogen-bond donors (Lipinski definition) is 1. The zero-order valence-corrected chi connectivity index (χ0v) is 19.5. The number of nitrogens with zero attached hydrogens (tertiary/aromatic N) is 6. The van der Waals surface area contributed by atoms with Crippen LogP contribution in [0.2, 0.25) is 0 Å². The summed E-state index contributed by atoms with van der Waals surface area (Å²) < 4.78 is 17.0. The van der Waals surface area contributed by atoms with Gasteiger partial charge in [-0.15, -0.1) is 0 Å². The van der Waals surface area contributed by atoms with Gasteiger partial charge in [0.05, 0.1) is 17.6 Å². The minimum absolute atomic E-state index is 0.215. The molecule has 1 aliphatic rings. The maximum atomic E-state index is 14.8. The number of anilines is 2. The third-order valence-corrected chi connectivity index (χ3v) is 6.10. The van der Waals surface area contributed by atoms with Crippen LogP contribution in [0.4, 0.5) is 16.0 Å². The number of halogens is 1. The zero-order chi connectivity index (χ0) is 22.8. The van der Waals surface area contributed by atoms with Gasteiger partial charge in [0, 0.05) is 49.2 Å². The van der Waals surface area contributed by atoms with Crippen LogP contribution in [0.3, 0.4) is 0 Å². The van der Waals surface area contributed by atoms with Crippen LogP contribution in [0.25, 0.3) is 11.4 Å². The normalized spacial score (nSPS) is 16.9. The number of benzene rings is 1. The molecule has 3 heterocycles. The molecule has 2 aromatic heterocycles. The highest BCUT2D eigenvalue weighted by molar-refractivity contribution is 5.59. The molecule has 0 aliphatic carbocycles. The predicted octanol–water partition coefficient (Wildman–Crippen LogP) is 4.25. The Morgan fingerprint density at radius 1 is 1.22 bits per heavy atom. The summed E-state index contributed by atoms with van der Waals surface area (Å²) in [6.45, 7) is 8.81. The molecule has 1 aliphatic heterocycles. The molecule has 0 radical (unpaired) electrons. The minimum atomic E-state index is -0.215. The van der Waals surface area contributed by atoms with Crippen LogP contribution >= 0.6 is 0 Å². The quantitative estimate of drug-likeness (QED) is 0.596. The Morgan fingerprint density at radius 2 is 2.03 bits per heavy atom. The van der Waals surface area contributed by atoms with Gasteiger partial charge in [0.15, 0.2) is 0 Å². The summed E-state index contributed by atoms with van der Waals surface area (Å²) in [7, 11) is 4.20. The van der Waals surface area contributed by atoms with E-state index < -0.39 is 0 Å². The molecule has 170 valence electrons. The first-order valence-electron chi connectivity index (χ1n) is 11.1. The van der Waals surface area contributed by atoms with E-state index in [-0.39, 0.29) is 11.9 Å². The first kappa shape index (κ1) is 22.4. The van der Waals surface area contributed by atoms with E-state index in [0.717, 1.165) is 36.7 Å². The van der Waals surface area contributed by atoms with Gasteiger partial charge >= 0.3 is 0 Å². The standard InChI is InChI=1S/C24H32FN7/c1-16(2)32-17(3)27-13-23(32)22-8-10-26-24(29-22)28-19-7-6-18(21(25)12-19)14-31-11-9-20(15-31)30(4)5/h6-8,10,12-13,16,20H,9,11,14-15H2,1-5H3,(H,26,28,29)/t20-/m0/s1. The molecule has 0 spiro atoms. The lowest BCUT2D eigenvalue weighted by Gasteiger charge is -2.20. The van der Waals surface area contributed by atoms with Crippen molar-refractivity contribution >= 4 is 11.6 Å². The van der Waals surface area contributed by atoms with E-state index in [9.17, 15) is 4.39 Å². The smallest absolute Gasteiger partial charge is 0.227 e. The van der Waals surface area contributed by atoms with Crippen molar-refractivity contribution in [3.8, 4) is 11.4 Å². The molecule has 4 rings (SSSR count). The molecule has 0 amide bonds. The zero-order valence-electron chi connectivity index (χ0n) is 19.5. The Kier molecular flexibility index (Phi) is 6.53. The SMILES string of the molecule is Cc1ncc(-c2ccnc(Nc3ccc(CN4CC[C@H](N(C)C)C4)c(F)c3)n2)n1C(C)C.